The third-order valence-electron chi connectivity index (χ3n) is 4.98. The summed E-state index contributed by atoms with van der Waals surface area (Å²) in [5, 5.41) is 0. The molecular weight excluding hydrogens is 326 g/mol. The van der Waals surface area contributed by atoms with Crippen LogP contribution in [0.4, 0.5) is 0 Å². The first-order valence-electron chi connectivity index (χ1n) is 9.00. The first kappa shape index (κ1) is 16.8. The Morgan fingerprint density at radius 2 is 2.04 bits per heavy atom. The third-order valence-corrected chi connectivity index (χ3v) is 4.98. The van der Waals surface area contributed by atoms with Crippen molar-refractivity contribution in [2.24, 2.45) is 0 Å². The van der Waals surface area contributed by atoms with Crippen molar-refractivity contribution in [2.75, 3.05) is 13.7 Å². The molecule has 5 heteroatoms. The van der Waals surface area contributed by atoms with Crippen LogP contribution in [0.2, 0.25) is 0 Å². The van der Waals surface area contributed by atoms with E-state index in [1.54, 1.807) is 7.11 Å². The number of methoxy groups -OCH3 is 1. The van der Waals surface area contributed by atoms with Crippen LogP contribution in [0, 0.1) is 6.92 Å². The third kappa shape index (κ3) is 3.35. The average Bonchev–Trinajstić information content (AvgIpc) is 3.30. The van der Waals surface area contributed by atoms with Crippen molar-refractivity contribution in [1.82, 2.24) is 14.9 Å². The number of rotatable bonds is 5. The molecule has 3 heterocycles. The number of pyridine rings is 1. The highest BCUT2D eigenvalue weighted by atomic mass is 16.5. The molecule has 4 rings (SSSR count). The van der Waals surface area contributed by atoms with E-state index in [1.807, 2.05) is 43.5 Å². The smallest absolute Gasteiger partial charge is 0.226 e. The summed E-state index contributed by atoms with van der Waals surface area (Å²) in [5.74, 6) is 2.36. The number of ether oxygens (including phenoxy) is 1. The number of hydrogen-bond donors (Lipinski definition) is 0. The van der Waals surface area contributed by atoms with Gasteiger partial charge in [0.05, 0.1) is 24.5 Å². The fourth-order valence-electron chi connectivity index (χ4n) is 3.55. The van der Waals surface area contributed by atoms with Gasteiger partial charge < -0.3 is 9.15 Å². The zero-order chi connectivity index (χ0) is 17.9. The van der Waals surface area contributed by atoms with Gasteiger partial charge in [0.25, 0.3) is 0 Å². The molecule has 2 aromatic heterocycles. The topological polar surface area (TPSA) is 51.4 Å². The van der Waals surface area contributed by atoms with E-state index in [2.05, 4.69) is 22.0 Å². The zero-order valence-electron chi connectivity index (χ0n) is 15.2. The van der Waals surface area contributed by atoms with E-state index < -0.39 is 0 Å². The Labute approximate surface area is 153 Å². The molecule has 26 heavy (non-hydrogen) atoms. The molecule has 3 aromatic rings. The van der Waals surface area contributed by atoms with Crippen molar-refractivity contribution in [3.63, 3.8) is 0 Å². The van der Waals surface area contributed by atoms with Gasteiger partial charge in [-0.05, 0) is 62.7 Å². The Kier molecular flexibility index (Phi) is 4.71. The molecule has 0 bridgehead atoms. The van der Waals surface area contributed by atoms with Crippen LogP contribution in [0.5, 0.6) is 5.75 Å². The number of nitrogens with zero attached hydrogens (tertiary/aromatic N) is 3. The molecule has 0 aliphatic carbocycles. The summed E-state index contributed by atoms with van der Waals surface area (Å²) in [6, 6.07) is 14.3. The zero-order valence-corrected chi connectivity index (χ0v) is 15.2. The van der Waals surface area contributed by atoms with Gasteiger partial charge in [-0.2, -0.15) is 0 Å². The standard InChI is InChI=1S/C21H23N3O2/c1-15-19(23-21(26-15)16-8-10-17(25-2)11-9-16)14-24-13-5-7-20(24)18-6-3-4-12-22-18/h3-4,6,8-12,20H,5,7,13-14H2,1-2H3/t20-/m0/s1. The first-order chi connectivity index (χ1) is 12.7. The SMILES string of the molecule is COc1ccc(-c2nc(CN3CCC[C@H]3c3ccccn3)c(C)o2)cc1. The molecule has 134 valence electrons. The number of oxazole rings is 1. The van der Waals surface area contributed by atoms with Crippen molar-refractivity contribution >= 4 is 0 Å². The maximum absolute atomic E-state index is 5.93. The van der Waals surface area contributed by atoms with Crippen LogP contribution in [-0.4, -0.2) is 28.5 Å². The molecule has 0 spiro atoms. The minimum Gasteiger partial charge on any atom is -0.497 e. The van der Waals surface area contributed by atoms with E-state index in [0.29, 0.717) is 11.9 Å². The molecule has 5 nitrogen and oxygen atoms in total. The van der Waals surface area contributed by atoms with Crippen LogP contribution in [0.3, 0.4) is 0 Å². The van der Waals surface area contributed by atoms with E-state index in [1.165, 1.54) is 6.42 Å². The monoisotopic (exact) mass is 349 g/mol. The molecule has 1 aliphatic rings. The first-order valence-corrected chi connectivity index (χ1v) is 9.00. The van der Waals surface area contributed by atoms with Gasteiger partial charge in [0.1, 0.15) is 11.5 Å². The highest BCUT2D eigenvalue weighted by Crippen LogP contribution is 2.33. The summed E-state index contributed by atoms with van der Waals surface area (Å²) in [6.07, 6.45) is 4.19. The number of benzene rings is 1. The Hall–Kier alpha value is -2.66. The summed E-state index contributed by atoms with van der Waals surface area (Å²) >= 11 is 0. The predicted octanol–water partition coefficient (Wildman–Crippen LogP) is 4.39. The lowest BCUT2D eigenvalue weighted by Crippen LogP contribution is -2.23. The summed E-state index contributed by atoms with van der Waals surface area (Å²) in [4.78, 5) is 11.8. The molecule has 0 unspecified atom stereocenters. The summed E-state index contributed by atoms with van der Waals surface area (Å²) in [7, 11) is 1.66. The van der Waals surface area contributed by atoms with E-state index in [0.717, 1.165) is 48.0 Å². The van der Waals surface area contributed by atoms with Gasteiger partial charge in [0.2, 0.25) is 5.89 Å². The second-order valence-electron chi connectivity index (χ2n) is 6.63. The van der Waals surface area contributed by atoms with Crippen molar-refractivity contribution in [1.29, 1.82) is 0 Å². The maximum Gasteiger partial charge on any atom is 0.226 e. The molecule has 1 saturated heterocycles. The maximum atomic E-state index is 5.93. The molecule has 1 fully saturated rings. The van der Waals surface area contributed by atoms with Gasteiger partial charge in [-0.3, -0.25) is 9.88 Å². The summed E-state index contributed by atoms with van der Waals surface area (Å²) < 4.78 is 11.1. The molecule has 0 N–H and O–H groups in total. The lowest BCUT2D eigenvalue weighted by molar-refractivity contribution is 0.240. The van der Waals surface area contributed by atoms with Crippen LogP contribution >= 0.6 is 0 Å². The lowest BCUT2D eigenvalue weighted by Gasteiger charge is -2.23. The lowest BCUT2D eigenvalue weighted by atomic mass is 10.1. The predicted molar refractivity (Wildman–Crippen MR) is 99.9 cm³/mol. The van der Waals surface area contributed by atoms with E-state index in [-0.39, 0.29) is 0 Å². The van der Waals surface area contributed by atoms with Gasteiger partial charge in [-0.1, -0.05) is 6.07 Å². The molecular formula is C21H23N3O2. The normalized spacial score (nSPS) is 17.5. The van der Waals surface area contributed by atoms with Crippen LogP contribution in [-0.2, 0) is 6.54 Å². The Morgan fingerprint density at radius 1 is 1.19 bits per heavy atom. The average molecular weight is 349 g/mol. The Bertz CT molecular complexity index is 859. The second-order valence-corrected chi connectivity index (χ2v) is 6.63. The van der Waals surface area contributed by atoms with Crippen LogP contribution in [0.1, 0.15) is 36.0 Å². The van der Waals surface area contributed by atoms with Gasteiger partial charge in [-0.25, -0.2) is 4.98 Å². The second kappa shape index (κ2) is 7.30. The number of likely N-dealkylation sites (tertiary alicyclic amines) is 1. The van der Waals surface area contributed by atoms with Crippen LogP contribution in [0.15, 0.2) is 53.1 Å². The minimum atomic E-state index is 0.358. The van der Waals surface area contributed by atoms with E-state index in [9.17, 15) is 0 Å². The molecule has 0 radical (unpaired) electrons. The molecule has 1 aliphatic heterocycles. The Morgan fingerprint density at radius 3 is 2.77 bits per heavy atom. The number of aromatic nitrogens is 2. The van der Waals surface area contributed by atoms with Gasteiger partial charge in [-0.15, -0.1) is 0 Å². The summed E-state index contributed by atoms with van der Waals surface area (Å²) in [5.41, 5.74) is 3.10. The Balaban J connectivity index is 1.54. The van der Waals surface area contributed by atoms with Gasteiger partial charge in [0, 0.05) is 18.3 Å². The van der Waals surface area contributed by atoms with Crippen molar-refractivity contribution in [2.45, 2.75) is 32.4 Å². The molecule has 0 saturated carbocycles. The quantitative estimate of drug-likeness (QED) is 0.684. The van der Waals surface area contributed by atoms with E-state index in [4.69, 9.17) is 14.1 Å². The van der Waals surface area contributed by atoms with Crippen LogP contribution in [0.25, 0.3) is 11.5 Å². The van der Waals surface area contributed by atoms with Crippen molar-refractivity contribution in [3.8, 4) is 17.2 Å². The highest BCUT2D eigenvalue weighted by Gasteiger charge is 2.28. The molecule has 1 atom stereocenters. The number of hydrogen-bond acceptors (Lipinski definition) is 5. The van der Waals surface area contributed by atoms with Gasteiger partial charge in [0.15, 0.2) is 0 Å². The molecule has 1 aromatic carbocycles. The minimum absolute atomic E-state index is 0.358. The largest absolute Gasteiger partial charge is 0.497 e. The van der Waals surface area contributed by atoms with Crippen molar-refractivity contribution < 1.29 is 9.15 Å². The van der Waals surface area contributed by atoms with Crippen LogP contribution < -0.4 is 4.74 Å². The van der Waals surface area contributed by atoms with E-state index >= 15 is 0 Å². The fraction of sp³-hybridized carbons (Fsp3) is 0.333. The van der Waals surface area contributed by atoms with Gasteiger partial charge >= 0.3 is 0 Å². The summed E-state index contributed by atoms with van der Waals surface area (Å²) in [6.45, 7) is 3.83. The van der Waals surface area contributed by atoms with Crippen molar-refractivity contribution in [3.05, 3.63) is 65.8 Å². The fourth-order valence-corrected chi connectivity index (χ4v) is 3.55. The number of aryl methyl sites for hydroxylation is 1. The highest BCUT2D eigenvalue weighted by molar-refractivity contribution is 5.55. The molecule has 0 amide bonds.